The lowest BCUT2D eigenvalue weighted by Crippen LogP contribution is -2.47. The summed E-state index contributed by atoms with van der Waals surface area (Å²) in [5.74, 6) is 0.881. The lowest BCUT2D eigenvalue weighted by Gasteiger charge is -2.37. The number of carbonyl (C=O) groups is 2. The summed E-state index contributed by atoms with van der Waals surface area (Å²) in [6, 6.07) is 7.88. The number of piperidine rings is 2. The van der Waals surface area contributed by atoms with Gasteiger partial charge in [0.2, 0.25) is 5.91 Å². The highest BCUT2D eigenvalue weighted by molar-refractivity contribution is 7.10. The summed E-state index contributed by atoms with van der Waals surface area (Å²) in [5.41, 5.74) is 0. The molecule has 0 radical (unpaired) electrons. The van der Waals surface area contributed by atoms with Crippen molar-refractivity contribution in [2.24, 2.45) is 11.8 Å². The Bertz CT molecular complexity index is 813. The average molecular weight is 430 g/mol. The van der Waals surface area contributed by atoms with E-state index in [0.29, 0.717) is 25.4 Å². The molecule has 2 saturated heterocycles. The molecule has 2 unspecified atom stereocenters. The first-order chi connectivity index (χ1) is 14.6. The van der Waals surface area contributed by atoms with Crippen LogP contribution in [-0.2, 0) is 4.79 Å². The SMILES string of the molecule is CC1CCN(C(CNC(=O)C2CCCN(C(=O)c3ccco3)C2)c2cccs2)CC1. The van der Waals surface area contributed by atoms with Crippen molar-refractivity contribution < 1.29 is 14.0 Å². The van der Waals surface area contributed by atoms with E-state index in [1.165, 1.54) is 24.0 Å². The number of likely N-dealkylation sites (tertiary alicyclic amines) is 2. The molecule has 2 aliphatic rings. The van der Waals surface area contributed by atoms with Crippen LogP contribution in [0.2, 0.25) is 0 Å². The van der Waals surface area contributed by atoms with Crippen molar-refractivity contribution in [1.29, 1.82) is 0 Å². The topological polar surface area (TPSA) is 65.8 Å². The Labute approximate surface area is 182 Å². The second-order valence-electron chi connectivity index (χ2n) is 8.56. The number of nitrogens with one attached hydrogen (secondary N) is 1. The minimum atomic E-state index is -0.164. The normalized spacial score (nSPS) is 22.0. The number of nitrogens with zero attached hydrogens (tertiary/aromatic N) is 2. The molecule has 2 aliphatic heterocycles. The van der Waals surface area contributed by atoms with E-state index >= 15 is 0 Å². The van der Waals surface area contributed by atoms with Gasteiger partial charge in [-0.05, 0) is 68.3 Å². The molecule has 2 atom stereocenters. The maximum Gasteiger partial charge on any atom is 0.289 e. The van der Waals surface area contributed by atoms with Crippen LogP contribution in [-0.4, -0.2) is 54.3 Å². The van der Waals surface area contributed by atoms with Gasteiger partial charge in [0.25, 0.3) is 5.91 Å². The van der Waals surface area contributed by atoms with E-state index in [-0.39, 0.29) is 23.8 Å². The molecule has 162 valence electrons. The summed E-state index contributed by atoms with van der Waals surface area (Å²) in [6.07, 6.45) is 5.58. The van der Waals surface area contributed by atoms with Gasteiger partial charge in [-0.3, -0.25) is 14.5 Å². The molecular formula is C23H31N3O3S. The molecule has 2 aromatic rings. The van der Waals surface area contributed by atoms with E-state index in [9.17, 15) is 9.59 Å². The van der Waals surface area contributed by atoms with Crippen LogP contribution in [0.4, 0.5) is 0 Å². The number of thiophene rings is 1. The molecule has 0 spiro atoms. The van der Waals surface area contributed by atoms with E-state index in [2.05, 4.69) is 34.7 Å². The van der Waals surface area contributed by atoms with Gasteiger partial charge in [0.15, 0.2) is 5.76 Å². The quantitative estimate of drug-likeness (QED) is 0.759. The molecule has 1 N–H and O–H groups in total. The van der Waals surface area contributed by atoms with Crippen molar-refractivity contribution >= 4 is 23.2 Å². The van der Waals surface area contributed by atoms with Gasteiger partial charge in [-0.1, -0.05) is 13.0 Å². The maximum atomic E-state index is 13.0. The molecule has 2 aromatic heterocycles. The second kappa shape index (κ2) is 9.79. The van der Waals surface area contributed by atoms with Gasteiger partial charge >= 0.3 is 0 Å². The molecule has 0 saturated carbocycles. The van der Waals surface area contributed by atoms with Crippen LogP contribution in [0.3, 0.4) is 0 Å². The zero-order valence-corrected chi connectivity index (χ0v) is 18.4. The van der Waals surface area contributed by atoms with Gasteiger partial charge in [0, 0.05) is 24.5 Å². The molecule has 0 aromatic carbocycles. The first-order valence-electron chi connectivity index (χ1n) is 11.0. The van der Waals surface area contributed by atoms with Gasteiger partial charge in [-0.2, -0.15) is 0 Å². The average Bonchev–Trinajstić information content (AvgIpc) is 3.49. The second-order valence-corrected chi connectivity index (χ2v) is 9.54. The number of amides is 2. The van der Waals surface area contributed by atoms with Crippen LogP contribution in [0.5, 0.6) is 0 Å². The van der Waals surface area contributed by atoms with Crippen LogP contribution < -0.4 is 5.32 Å². The molecule has 7 heteroatoms. The monoisotopic (exact) mass is 429 g/mol. The Morgan fingerprint density at radius 3 is 2.73 bits per heavy atom. The molecule has 2 fully saturated rings. The van der Waals surface area contributed by atoms with Gasteiger partial charge in [-0.25, -0.2) is 0 Å². The fourth-order valence-electron chi connectivity index (χ4n) is 4.50. The van der Waals surface area contributed by atoms with Crippen molar-refractivity contribution in [3.8, 4) is 0 Å². The third-order valence-electron chi connectivity index (χ3n) is 6.41. The predicted octanol–water partition coefficient (Wildman–Crippen LogP) is 3.78. The number of carbonyl (C=O) groups excluding carboxylic acids is 2. The zero-order chi connectivity index (χ0) is 20.9. The highest BCUT2D eigenvalue weighted by Gasteiger charge is 2.31. The van der Waals surface area contributed by atoms with E-state index in [1.54, 1.807) is 28.4 Å². The predicted molar refractivity (Wildman–Crippen MR) is 117 cm³/mol. The van der Waals surface area contributed by atoms with Crippen molar-refractivity contribution in [2.45, 2.75) is 38.6 Å². The Morgan fingerprint density at radius 1 is 1.20 bits per heavy atom. The fraction of sp³-hybridized carbons (Fsp3) is 0.565. The Hall–Kier alpha value is -2.12. The van der Waals surface area contributed by atoms with Gasteiger partial charge in [-0.15, -0.1) is 11.3 Å². The molecule has 6 nitrogen and oxygen atoms in total. The minimum absolute atomic E-state index is 0.0545. The van der Waals surface area contributed by atoms with Gasteiger partial charge in [0.05, 0.1) is 18.2 Å². The first-order valence-corrected chi connectivity index (χ1v) is 11.9. The molecule has 4 rings (SSSR count). The molecule has 30 heavy (non-hydrogen) atoms. The van der Waals surface area contributed by atoms with Crippen molar-refractivity contribution in [1.82, 2.24) is 15.1 Å². The first kappa shape index (κ1) is 21.1. The summed E-state index contributed by atoms with van der Waals surface area (Å²) in [5, 5.41) is 5.32. The summed E-state index contributed by atoms with van der Waals surface area (Å²) in [6.45, 7) is 6.22. The van der Waals surface area contributed by atoms with Crippen LogP contribution in [0, 0.1) is 11.8 Å². The highest BCUT2D eigenvalue weighted by Crippen LogP contribution is 2.29. The number of rotatable bonds is 6. The van der Waals surface area contributed by atoms with Crippen LogP contribution in [0.15, 0.2) is 40.3 Å². The summed E-state index contributed by atoms with van der Waals surface area (Å²) in [7, 11) is 0. The standard InChI is InChI=1S/C23H31N3O3S/c1-17-8-11-25(12-9-17)19(21-7-4-14-30-21)15-24-22(27)18-5-2-10-26(16-18)23(28)20-6-3-13-29-20/h3-4,6-7,13-14,17-19H,2,5,8-12,15-16H2,1H3,(H,24,27). The van der Waals surface area contributed by atoms with Crippen LogP contribution in [0.25, 0.3) is 0 Å². The van der Waals surface area contributed by atoms with E-state index in [4.69, 9.17) is 4.42 Å². The number of hydrogen-bond donors (Lipinski definition) is 1. The van der Waals surface area contributed by atoms with Crippen LogP contribution >= 0.6 is 11.3 Å². The third-order valence-corrected chi connectivity index (χ3v) is 7.39. The Kier molecular flexibility index (Phi) is 6.89. The minimum Gasteiger partial charge on any atom is -0.459 e. The Morgan fingerprint density at radius 2 is 2.03 bits per heavy atom. The Balaban J connectivity index is 1.35. The summed E-state index contributed by atoms with van der Waals surface area (Å²) < 4.78 is 5.24. The smallest absolute Gasteiger partial charge is 0.289 e. The lowest BCUT2D eigenvalue weighted by atomic mass is 9.96. The van der Waals surface area contributed by atoms with Crippen molar-refractivity contribution in [2.75, 3.05) is 32.7 Å². The number of hydrogen-bond acceptors (Lipinski definition) is 5. The van der Waals surface area contributed by atoms with Gasteiger partial charge < -0.3 is 14.6 Å². The summed E-state index contributed by atoms with van der Waals surface area (Å²) in [4.78, 5) is 31.1. The fourth-order valence-corrected chi connectivity index (χ4v) is 5.36. The molecule has 0 bridgehead atoms. The van der Waals surface area contributed by atoms with Crippen LogP contribution in [0.1, 0.15) is 54.1 Å². The molecular weight excluding hydrogens is 398 g/mol. The van der Waals surface area contributed by atoms with E-state index in [1.807, 2.05) is 0 Å². The summed E-state index contributed by atoms with van der Waals surface area (Å²) >= 11 is 1.76. The van der Waals surface area contributed by atoms with E-state index < -0.39 is 0 Å². The van der Waals surface area contributed by atoms with Crippen molar-refractivity contribution in [3.63, 3.8) is 0 Å². The maximum absolute atomic E-state index is 13.0. The lowest BCUT2D eigenvalue weighted by molar-refractivity contribution is -0.126. The van der Waals surface area contributed by atoms with Gasteiger partial charge in [0.1, 0.15) is 0 Å². The largest absolute Gasteiger partial charge is 0.459 e. The third kappa shape index (κ3) is 4.95. The molecule has 4 heterocycles. The van der Waals surface area contributed by atoms with Crippen molar-refractivity contribution in [3.05, 3.63) is 46.5 Å². The number of furan rings is 1. The highest BCUT2D eigenvalue weighted by atomic mass is 32.1. The van der Waals surface area contributed by atoms with E-state index in [0.717, 1.165) is 31.8 Å². The molecule has 0 aliphatic carbocycles. The zero-order valence-electron chi connectivity index (χ0n) is 17.6. The molecule has 2 amide bonds.